The van der Waals surface area contributed by atoms with E-state index in [1.807, 2.05) is 6.08 Å². The molecule has 1 heterocycles. The minimum Gasteiger partial charge on any atom is -0.373 e. The summed E-state index contributed by atoms with van der Waals surface area (Å²) in [5, 5.41) is 4.28. The van der Waals surface area contributed by atoms with E-state index in [9.17, 15) is 0 Å². The molecule has 0 aliphatic rings. The number of hydrogen-bond donors (Lipinski definition) is 0. The minimum atomic E-state index is 0.0583. The van der Waals surface area contributed by atoms with Gasteiger partial charge in [0.2, 0.25) is 0 Å². The maximum absolute atomic E-state index is 5.82. The fraction of sp³-hybridized carbons (Fsp3) is 0.385. The van der Waals surface area contributed by atoms with Crippen LogP contribution in [0.5, 0.6) is 0 Å². The first-order valence-corrected chi connectivity index (χ1v) is 11.2. The summed E-state index contributed by atoms with van der Waals surface area (Å²) < 4.78 is 5.82. The van der Waals surface area contributed by atoms with E-state index in [0.717, 1.165) is 19.6 Å². The highest BCUT2D eigenvalue weighted by Gasteiger charge is 2.02. The average Bonchev–Trinajstić information content (AvgIpc) is 3.23. The summed E-state index contributed by atoms with van der Waals surface area (Å²) in [7, 11) is 0. The quantitative estimate of drug-likeness (QED) is 0.256. The number of nitrogens with zero attached hydrogens (tertiary/aromatic N) is 1. The predicted octanol–water partition coefficient (Wildman–Crippen LogP) is 6.42. The van der Waals surface area contributed by atoms with Crippen LogP contribution in [-0.4, -0.2) is 31.1 Å². The van der Waals surface area contributed by atoms with Gasteiger partial charge >= 0.3 is 0 Å². The van der Waals surface area contributed by atoms with Crippen LogP contribution in [0.3, 0.4) is 0 Å². The molecule has 2 nitrogen and oxygen atoms in total. The Labute approximate surface area is 180 Å². The van der Waals surface area contributed by atoms with Crippen LogP contribution < -0.4 is 0 Å². The van der Waals surface area contributed by atoms with Crippen molar-refractivity contribution in [3.8, 4) is 23.0 Å². The molecule has 0 radical (unpaired) electrons. The molecule has 2 rings (SSSR count). The van der Waals surface area contributed by atoms with Crippen molar-refractivity contribution in [2.24, 2.45) is 5.41 Å². The molecule has 1 aromatic heterocycles. The van der Waals surface area contributed by atoms with Crippen LogP contribution >= 0.6 is 11.3 Å². The molecule has 0 spiro atoms. The zero-order chi connectivity index (χ0) is 21.0. The van der Waals surface area contributed by atoms with Gasteiger partial charge in [-0.25, -0.2) is 0 Å². The predicted molar refractivity (Wildman–Crippen MR) is 127 cm³/mol. The van der Waals surface area contributed by atoms with Gasteiger partial charge in [0.05, 0.1) is 13.2 Å². The number of likely N-dealkylation sites (N-methyl/N-ethyl adjacent to an activating group) is 1. The lowest BCUT2D eigenvalue weighted by Gasteiger charge is -2.15. The first kappa shape index (κ1) is 23.2. The molecule has 1 aromatic carbocycles. The van der Waals surface area contributed by atoms with Gasteiger partial charge in [-0.2, -0.15) is 11.3 Å². The van der Waals surface area contributed by atoms with Crippen LogP contribution in [-0.2, 0) is 11.3 Å². The Morgan fingerprint density at radius 1 is 1.07 bits per heavy atom. The number of rotatable bonds is 10. The van der Waals surface area contributed by atoms with Crippen LogP contribution in [0.1, 0.15) is 33.3 Å². The van der Waals surface area contributed by atoms with Gasteiger partial charge in [-0.3, -0.25) is 4.90 Å². The van der Waals surface area contributed by atoms with Gasteiger partial charge in [0.15, 0.2) is 0 Å². The Hall–Kier alpha value is -2.12. The van der Waals surface area contributed by atoms with Crippen LogP contribution in [0.4, 0.5) is 0 Å². The van der Waals surface area contributed by atoms with E-state index in [-0.39, 0.29) is 5.41 Å². The van der Waals surface area contributed by atoms with Crippen molar-refractivity contribution in [2.45, 2.75) is 34.3 Å². The maximum Gasteiger partial charge on any atom is 0.0721 e. The zero-order valence-corrected chi connectivity index (χ0v) is 19.0. The molecule has 0 aliphatic heterocycles. The Morgan fingerprint density at radius 2 is 1.90 bits per heavy atom. The Balaban J connectivity index is 1.68. The maximum atomic E-state index is 5.82. The van der Waals surface area contributed by atoms with Gasteiger partial charge in [0.25, 0.3) is 0 Å². The number of allylic oxidation sites excluding steroid dienone is 1. The SMILES string of the molecule is CCN(C/C=C/C#CC(C)(C)C)C/C=C/COCc1cccc(-c2ccsc2)c1. The second kappa shape index (κ2) is 12.4. The number of ether oxygens (including phenoxy) is 1. The Kier molecular flexibility index (Phi) is 9.94. The van der Waals surface area contributed by atoms with Gasteiger partial charge in [-0.15, -0.1) is 0 Å². The lowest BCUT2D eigenvalue weighted by atomic mass is 9.98. The van der Waals surface area contributed by atoms with E-state index >= 15 is 0 Å². The van der Waals surface area contributed by atoms with Crippen LogP contribution in [0.2, 0.25) is 0 Å². The molecule has 0 saturated carbocycles. The summed E-state index contributed by atoms with van der Waals surface area (Å²) in [6.07, 6.45) is 8.38. The van der Waals surface area contributed by atoms with Gasteiger partial charge in [-0.05, 0) is 73.0 Å². The molecule has 3 heteroatoms. The van der Waals surface area contributed by atoms with Crippen molar-refractivity contribution >= 4 is 11.3 Å². The van der Waals surface area contributed by atoms with Crippen molar-refractivity contribution in [3.05, 3.63) is 71.0 Å². The number of hydrogen-bond acceptors (Lipinski definition) is 3. The molecule has 0 unspecified atom stereocenters. The standard InChI is InChI=1S/C26H33NOS/c1-5-27(16-8-6-7-15-26(2,3)4)17-9-10-18-28-21-23-12-11-13-24(20-23)25-14-19-29-22-25/h6,8-14,19-20,22H,5,16-18,21H2,1-4H3/b8-6+,10-9+. The van der Waals surface area contributed by atoms with Crippen molar-refractivity contribution in [2.75, 3.05) is 26.2 Å². The van der Waals surface area contributed by atoms with E-state index in [2.05, 4.69) is 104 Å². The Bertz CT molecular complexity index is 832. The van der Waals surface area contributed by atoms with Crippen molar-refractivity contribution in [3.63, 3.8) is 0 Å². The number of thiophene rings is 1. The minimum absolute atomic E-state index is 0.0583. The molecule has 0 aliphatic carbocycles. The lowest BCUT2D eigenvalue weighted by molar-refractivity contribution is 0.148. The van der Waals surface area contributed by atoms with Crippen molar-refractivity contribution < 1.29 is 4.74 Å². The molecule has 2 aromatic rings. The highest BCUT2D eigenvalue weighted by Crippen LogP contribution is 2.23. The summed E-state index contributed by atoms with van der Waals surface area (Å²) in [6.45, 7) is 12.7. The third-order valence-electron chi connectivity index (χ3n) is 4.25. The van der Waals surface area contributed by atoms with Crippen molar-refractivity contribution in [1.29, 1.82) is 0 Å². The van der Waals surface area contributed by atoms with E-state index in [1.165, 1.54) is 16.7 Å². The van der Waals surface area contributed by atoms with E-state index in [0.29, 0.717) is 13.2 Å². The largest absolute Gasteiger partial charge is 0.373 e. The summed E-state index contributed by atoms with van der Waals surface area (Å²) in [6, 6.07) is 10.7. The van der Waals surface area contributed by atoms with E-state index in [1.54, 1.807) is 11.3 Å². The fourth-order valence-electron chi connectivity index (χ4n) is 2.66. The molecule has 0 saturated heterocycles. The van der Waals surface area contributed by atoms with Gasteiger partial charge in [-0.1, -0.05) is 55.2 Å². The lowest BCUT2D eigenvalue weighted by Crippen LogP contribution is -2.23. The van der Waals surface area contributed by atoms with Gasteiger partial charge in [0, 0.05) is 18.5 Å². The molecule has 0 amide bonds. The third kappa shape index (κ3) is 9.76. The molecular weight excluding hydrogens is 374 g/mol. The zero-order valence-electron chi connectivity index (χ0n) is 18.2. The normalized spacial score (nSPS) is 12.0. The average molecular weight is 408 g/mol. The molecule has 0 atom stereocenters. The molecule has 0 bridgehead atoms. The monoisotopic (exact) mass is 407 g/mol. The Morgan fingerprint density at radius 3 is 2.62 bits per heavy atom. The topological polar surface area (TPSA) is 12.5 Å². The summed E-state index contributed by atoms with van der Waals surface area (Å²) >= 11 is 1.72. The highest BCUT2D eigenvalue weighted by atomic mass is 32.1. The van der Waals surface area contributed by atoms with Crippen LogP contribution in [0.15, 0.2) is 65.4 Å². The van der Waals surface area contributed by atoms with E-state index < -0.39 is 0 Å². The summed E-state index contributed by atoms with van der Waals surface area (Å²) in [5.41, 5.74) is 3.79. The molecular formula is C26H33NOS. The van der Waals surface area contributed by atoms with Crippen molar-refractivity contribution in [1.82, 2.24) is 4.90 Å². The van der Waals surface area contributed by atoms with Crippen LogP contribution in [0, 0.1) is 17.3 Å². The van der Waals surface area contributed by atoms with Crippen LogP contribution in [0.25, 0.3) is 11.1 Å². The van der Waals surface area contributed by atoms with E-state index in [4.69, 9.17) is 4.74 Å². The second-order valence-corrected chi connectivity index (χ2v) is 8.75. The summed E-state index contributed by atoms with van der Waals surface area (Å²) in [4.78, 5) is 2.36. The van der Waals surface area contributed by atoms with Gasteiger partial charge in [0.1, 0.15) is 0 Å². The highest BCUT2D eigenvalue weighted by molar-refractivity contribution is 7.08. The smallest absolute Gasteiger partial charge is 0.0721 e. The first-order chi connectivity index (χ1) is 14.0. The molecule has 0 N–H and O–H groups in total. The fourth-order valence-corrected chi connectivity index (χ4v) is 3.32. The molecule has 29 heavy (non-hydrogen) atoms. The van der Waals surface area contributed by atoms with Gasteiger partial charge < -0.3 is 4.74 Å². The summed E-state index contributed by atoms with van der Waals surface area (Å²) in [5.74, 6) is 6.34. The second-order valence-electron chi connectivity index (χ2n) is 7.97. The first-order valence-electron chi connectivity index (χ1n) is 10.2. The molecule has 154 valence electrons. The number of benzene rings is 1. The third-order valence-corrected chi connectivity index (χ3v) is 4.94. The molecule has 0 fully saturated rings.